The van der Waals surface area contributed by atoms with E-state index in [0.29, 0.717) is 13.0 Å². The SMILES string of the molecule is O=C1CCCN1C(=O)C1CCCCCCC1. The predicted octanol–water partition coefficient (Wildman–Crippen LogP) is 2.50. The van der Waals surface area contributed by atoms with E-state index in [1.165, 1.54) is 24.2 Å². The largest absolute Gasteiger partial charge is 0.282 e. The lowest BCUT2D eigenvalue weighted by molar-refractivity contribution is -0.145. The van der Waals surface area contributed by atoms with Crippen LogP contribution < -0.4 is 0 Å². The van der Waals surface area contributed by atoms with Gasteiger partial charge in [0.25, 0.3) is 0 Å². The summed E-state index contributed by atoms with van der Waals surface area (Å²) in [5, 5.41) is 0. The first-order chi connectivity index (χ1) is 7.79. The summed E-state index contributed by atoms with van der Waals surface area (Å²) in [6.07, 6.45) is 9.51. The lowest BCUT2D eigenvalue weighted by atomic mass is 9.90. The molecule has 1 aliphatic carbocycles. The molecule has 0 bridgehead atoms. The molecule has 0 N–H and O–H groups in total. The molecule has 1 aliphatic heterocycles. The molecule has 1 heterocycles. The highest BCUT2D eigenvalue weighted by Gasteiger charge is 2.31. The van der Waals surface area contributed by atoms with Crippen LogP contribution in [-0.2, 0) is 9.59 Å². The van der Waals surface area contributed by atoms with Crippen LogP contribution in [-0.4, -0.2) is 23.3 Å². The lowest BCUT2D eigenvalue weighted by Crippen LogP contribution is -2.37. The molecule has 1 saturated carbocycles. The maximum Gasteiger partial charge on any atom is 0.232 e. The Morgan fingerprint density at radius 3 is 2.19 bits per heavy atom. The summed E-state index contributed by atoms with van der Waals surface area (Å²) in [5.74, 6) is 0.291. The van der Waals surface area contributed by atoms with E-state index in [0.717, 1.165) is 32.1 Å². The van der Waals surface area contributed by atoms with Crippen molar-refractivity contribution < 1.29 is 9.59 Å². The van der Waals surface area contributed by atoms with Gasteiger partial charge in [0.2, 0.25) is 11.8 Å². The fourth-order valence-electron chi connectivity index (χ4n) is 2.80. The quantitative estimate of drug-likeness (QED) is 0.640. The van der Waals surface area contributed by atoms with Gasteiger partial charge >= 0.3 is 0 Å². The minimum Gasteiger partial charge on any atom is -0.282 e. The fourth-order valence-corrected chi connectivity index (χ4v) is 2.80. The van der Waals surface area contributed by atoms with Crippen LogP contribution in [0.25, 0.3) is 0 Å². The van der Waals surface area contributed by atoms with E-state index in [9.17, 15) is 9.59 Å². The van der Waals surface area contributed by atoms with Gasteiger partial charge in [0.1, 0.15) is 0 Å². The second-order valence-electron chi connectivity index (χ2n) is 5.03. The van der Waals surface area contributed by atoms with Crippen LogP contribution in [0, 0.1) is 5.92 Å². The maximum atomic E-state index is 12.2. The smallest absolute Gasteiger partial charge is 0.232 e. The number of amides is 2. The highest BCUT2D eigenvalue weighted by atomic mass is 16.2. The number of hydrogen-bond acceptors (Lipinski definition) is 2. The molecule has 2 amide bonds. The van der Waals surface area contributed by atoms with Gasteiger partial charge in [0.05, 0.1) is 0 Å². The van der Waals surface area contributed by atoms with Gasteiger partial charge in [-0.2, -0.15) is 0 Å². The number of likely N-dealkylation sites (tertiary alicyclic amines) is 1. The molecule has 0 unspecified atom stereocenters. The molecule has 2 rings (SSSR count). The highest BCUT2D eigenvalue weighted by Crippen LogP contribution is 2.25. The van der Waals surface area contributed by atoms with Gasteiger partial charge in [0.15, 0.2) is 0 Å². The molecule has 3 nitrogen and oxygen atoms in total. The van der Waals surface area contributed by atoms with Crippen molar-refractivity contribution in [3.05, 3.63) is 0 Å². The Hall–Kier alpha value is -0.860. The molecule has 0 atom stereocenters. The van der Waals surface area contributed by atoms with Gasteiger partial charge in [0, 0.05) is 18.9 Å². The third-order valence-electron chi connectivity index (χ3n) is 3.79. The van der Waals surface area contributed by atoms with Crippen molar-refractivity contribution >= 4 is 11.8 Å². The molecule has 0 aromatic carbocycles. The minimum absolute atomic E-state index is 0.0482. The van der Waals surface area contributed by atoms with E-state index in [4.69, 9.17) is 0 Å². The van der Waals surface area contributed by atoms with Crippen molar-refractivity contribution in [3.63, 3.8) is 0 Å². The Balaban J connectivity index is 1.93. The Bertz CT molecular complexity index is 267. The Morgan fingerprint density at radius 1 is 1.00 bits per heavy atom. The zero-order valence-electron chi connectivity index (χ0n) is 9.91. The summed E-state index contributed by atoms with van der Waals surface area (Å²) in [7, 11) is 0. The first kappa shape index (κ1) is 11.6. The summed E-state index contributed by atoms with van der Waals surface area (Å²) in [6.45, 7) is 0.661. The van der Waals surface area contributed by atoms with Crippen LogP contribution in [0.3, 0.4) is 0 Å². The van der Waals surface area contributed by atoms with Gasteiger partial charge in [-0.1, -0.05) is 32.1 Å². The number of nitrogens with zero attached hydrogens (tertiary/aromatic N) is 1. The Kier molecular flexibility index (Phi) is 3.97. The number of rotatable bonds is 1. The van der Waals surface area contributed by atoms with Crippen molar-refractivity contribution in [1.82, 2.24) is 4.90 Å². The van der Waals surface area contributed by atoms with Gasteiger partial charge in [-0.15, -0.1) is 0 Å². The van der Waals surface area contributed by atoms with E-state index in [1.54, 1.807) is 0 Å². The average molecular weight is 223 g/mol. The molecule has 3 heteroatoms. The molecular formula is C13H21NO2. The molecule has 2 aliphatic rings. The number of hydrogen-bond donors (Lipinski definition) is 0. The van der Waals surface area contributed by atoms with Gasteiger partial charge in [-0.05, 0) is 19.3 Å². The van der Waals surface area contributed by atoms with E-state index < -0.39 is 0 Å². The first-order valence-electron chi connectivity index (χ1n) is 6.63. The second-order valence-corrected chi connectivity index (χ2v) is 5.03. The molecule has 90 valence electrons. The van der Waals surface area contributed by atoms with Crippen LogP contribution in [0.5, 0.6) is 0 Å². The molecular weight excluding hydrogens is 202 g/mol. The van der Waals surface area contributed by atoms with Crippen molar-refractivity contribution in [2.45, 2.75) is 57.8 Å². The van der Waals surface area contributed by atoms with Crippen LogP contribution in [0.1, 0.15) is 57.8 Å². The molecule has 1 saturated heterocycles. The van der Waals surface area contributed by atoms with Crippen LogP contribution >= 0.6 is 0 Å². The topological polar surface area (TPSA) is 37.4 Å². The van der Waals surface area contributed by atoms with Crippen molar-refractivity contribution in [2.75, 3.05) is 6.54 Å². The molecule has 2 fully saturated rings. The summed E-state index contributed by atoms with van der Waals surface area (Å²) in [6, 6.07) is 0. The molecule has 16 heavy (non-hydrogen) atoms. The van der Waals surface area contributed by atoms with E-state index >= 15 is 0 Å². The predicted molar refractivity (Wildman–Crippen MR) is 61.8 cm³/mol. The third kappa shape index (κ3) is 2.63. The number of carbonyl (C=O) groups is 2. The molecule has 0 radical (unpaired) electrons. The normalized spacial score (nSPS) is 24.2. The van der Waals surface area contributed by atoms with E-state index in [-0.39, 0.29) is 17.7 Å². The van der Waals surface area contributed by atoms with Crippen LogP contribution in [0.15, 0.2) is 0 Å². The summed E-state index contributed by atoms with van der Waals surface area (Å²) in [5.41, 5.74) is 0. The standard InChI is InChI=1S/C13H21NO2/c15-12-9-6-10-14(12)13(16)11-7-4-2-1-3-5-8-11/h11H,1-10H2. The highest BCUT2D eigenvalue weighted by molar-refractivity contribution is 5.97. The zero-order chi connectivity index (χ0) is 11.4. The van der Waals surface area contributed by atoms with Gasteiger partial charge in [-0.25, -0.2) is 0 Å². The lowest BCUT2D eigenvalue weighted by Gasteiger charge is -2.23. The Labute approximate surface area is 97.2 Å². The van der Waals surface area contributed by atoms with Gasteiger partial charge in [-0.3, -0.25) is 14.5 Å². The van der Waals surface area contributed by atoms with Crippen molar-refractivity contribution in [3.8, 4) is 0 Å². The minimum atomic E-state index is 0.0482. The first-order valence-corrected chi connectivity index (χ1v) is 6.63. The Morgan fingerprint density at radius 2 is 1.62 bits per heavy atom. The number of imide groups is 1. The number of carbonyl (C=O) groups excluding carboxylic acids is 2. The maximum absolute atomic E-state index is 12.2. The van der Waals surface area contributed by atoms with E-state index in [1.807, 2.05) is 0 Å². The second kappa shape index (κ2) is 5.46. The molecule has 0 aromatic heterocycles. The zero-order valence-corrected chi connectivity index (χ0v) is 9.91. The summed E-state index contributed by atoms with van der Waals surface area (Å²) >= 11 is 0. The molecule has 0 spiro atoms. The van der Waals surface area contributed by atoms with Crippen LogP contribution in [0.4, 0.5) is 0 Å². The van der Waals surface area contributed by atoms with Crippen molar-refractivity contribution in [2.24, 2.45) is 5.92 Å². The van der Waals surface area contributed by atoms with Crippen molar-refractivity contribution in [1.29, 1.82) is 0 Å². The van der Waals surface area contributed by atoms with Crippen LogP contribution in [0.2, 0.25) is 0 Å². The monoisotopic (exact) mass is 223 g/mol. The summed E-state index contributed by atoms with van der Waals surface area (Å²) < 4.78 is 0. The fraction of sp³-hybridized carbons (Fsp3) is 0.846. The van der Waals surface area contributed by atoms with E-state index in [2.05, 4.69) is 0 Å². The summed E-state index contributed by atoms with van der Waals surface area (Å²) in [4.78, 5) is 25.2. The molecule has 0 aromatic rings. The average Bonchev–Trinajstić information content (AvgIpc) is 2.63. The van der Waals surface area contributed by atoms with Gasteiger partial charge < -0.3 is 0 Å². The third-order valence-corrected chi connectivity index (χ3v) is 3.79.